The maximum Gasteiger partial charge on any atom is 0.237 e. The highest BCUT2D eigenvalue weighted by Crippen LogP contribution is 2.24. The molecule has 2 atom stereocenters. The van der Waals surface area contributed by atoms with Crippen molar-refractivity contribution in [1.29, 1.82) is 0 Å². The van der Waals surface area contributed by atoms with Gasteiger partial charge in [-0.05, 0) is 29.7 Å². The summed E-state index contributed by atoms with van der Waals surface area (Å²) in [6.07, 6.45) is 2.14. The number of benzene rings is 2. The molecule has 2 aromatic rings. The van der Waals surface area contributed by atoms with Crippen molar-refractivity contribution in [2.24, 2.45) is 5.73 Å². The number of nitrogens with one attached hydrogen (secondary N) is 1. The van der Waals surface area contributed by atoms with Crippen molar-refractivity contribution in [2.75, 3.05) is 0 Å². The van der Waals surface area contributed by atoms with Crippen molar-refractivity contribution in [1.82, 2.24) is 5.32 Å². The highest BCUT2D eigenvalue weighted by Gasteiger charge is 2.16. The summed E-state index contributed by atoms with van der Waals surface area (Å²) in [5.41, 5.74) is 6.88. The van der Waals surface area contributed by atoms with E-state index in [1.807, 2.05) is 31.2 Å². The van der Waals surface area contributed by atoms with Gasteiger partial charge in [0.15, 0.2) is 0 Å². The molecule has 20 heavy (non-hydrogen) atoms. The molecule has 0 aliphatic heterocycles. The quantitative estimate of drug-likeness (QED) is 0.819. The Kier molecular flexibility index (Phi) is 4.53. The minimum Gasteiger partial charge on any atom is -0.348 e. The van der Waals surface area contributed by atoms with E-state index in [2.05, 4.69) is 30.1 Å². The summed E-state index contributed by atoms with van der Waals surface area (Å²) in [4.78, 5) is 12.0. The highest BCUT2D eigenvalue weighted by atomic mass is 16.2. The van der Waals surface area contributed by atoms with E-state index < -0.39 is 6.04 Å². The van der Waals surface area contributed by atoms with Crippen LogP contribution in [-0.2, 0) is 4.79 Å². The van der Waals surface area contributed by atoms with E-state index in [1.54, 1.807) is 6.08 Å². The summed E-state index contributed by atoms with van der Waals surface area (Å²) in [6.45, 7) is 5.57. The third-order valence-corrected chi connectivity index (χ3v) is 3.41. The predicted octanol–water partition coefficient (Wildman–Crippen LogP) is 2.92. The van der Waals surface area contributed by atoms with Crippen LogP contribution in [0.4, 0.5) is 0 Å². The van der Waals surface area contributed by atoms with Gasteiger partial charge in [-0.1, -0.05) is 48.5 Å². The van der Waals surface area contributed by atoms with Gasteiger partial charge in [0.2, 0.25) is 5.91 Å². The molecule has 0 saturated carbocycles. The number of hydrogen-bond acceptors (Lipinski definition) is 2. The summed E-state index contributed by atoms with van der Waals surface area (Å²) >= 11 is 0. The second-order valence-corrected chi connectivity index (χ2v) is 4.93. The normalized spacial score (nSPS) is 13.7. The summed E-state index contributed by atoms with van der Waals surface area (Å²) < 4.78 is 0. The lowest BCUT2D eigenvalue weighted by molar-refractivity contribution is -0.122. The van der Waals surface area contributed by atoms with Gasteiger partial charge in [0, 0.05) is 0 Å². The highest BCUT2D eigenvalue weighted by molar-refractivity contribution is 5.87. The van der Waals surface area contributed by atoms with Gasteiger partial charge >= 0.3 is 0 Å². The Morgan fingerprint density at radius 2 is 2.00 bits per heavy atom. The third-order valence-electron chi connectivity index (χ3n) is 3.41. The standard InChI is InChI=1S/C17H20N2O/c1-3-7-16(18)17(20)19-12(2)14-11-6-9-13-8-4-5-10-15(13)14/h3-6,8-12,16H,1,7,18H2,2H3,(H,19,20). The number of rotatable bonds is 5. The topological polar surface area (TPSA) is 55.1 Å². The fourth-order valence-corrected chi connectivity index (χ4v) is 2.31. The van der Waals surface area contributed by atoms with Crippen LogP contribution in [0.1, 0.15) is 24.9 Å². The smallest absolute Gasteiger partial charge is 0.237 e. The minimum absolute atomic E-state index is 0.0792. The fraction of sp³-hybridized carbons (Fsp3) is 0.235. The Balaban J connectivity index is 2.21. The average molecular weight is 268 g/mol. The lowest BCUT2D eigenvalue weighted by atomic mass is 9.99. The monoisotopic (exact) mass is 268 g/mol. The van der Waals surface area contributed by atoms with Crippen LogP contribution in [0.5, 0.6) is 0 Å². The van der Waals surface area contributed by atoms with Gasteiger partial charge in [0.05, 0.1) is 12.1 Å². The molecule has 2 unspecified atom stereocenters. The van der Waals surface area contributed by atoms with E-state index in [9.17, 15) is 4.79 Å². The summed E-state index contributed by atoms with van der Waals surface area (Å²) in [7, 11) is 0. The molecule has 0 aromatic heterocycles. The van der Waals surface area contributed by atoms with Gasteiger partial charge in [0.1, 0.15) is 0 Å². The molecular formula is C17H20N2O. The Labute approximate surface area is 119 Å². The Morgan fingerprint density at radius 3 is 2.75 bits per heavy atom. The maximum absolute atomic E-state index is 12.0. The van der Waals surface area contributed by atoms with Crippen LogP contribution < -0.4 is 11.1 Å². The molecule has 0 heterocycles. The zero-order valence-corrected chi connectivity index (χ0v) is 11.7. The molecule has 0 saturated heterocycles. The van der Waals surface area contributed by atoms with E-state index in [-0.39, 0.29) is 11.9 Å². The molecule has 104 valence electrons. The first-order chi connectivity index (χ1) is 9.63. The second kappa shape index (κ2) is 6.35. The number of carbonyl (C=O) groups is 1. The molecule has 3 nitrogen and oxygen atoms in total. The molecular weight excluding hydrogens is 248 g/mol. The van der Waals surface area contributed by atoms with Gasteiger partial charge in [-0.2, -0.15) is 0 Å². The Bertz CT molecular complexity index is 616. The Hall–Kier alpha value is -2.13. The first-order valence-corrected chi connectivity index (χ1v) is 6.78. The van der Waals surface area contributed by atoms with E-state index in [1.165, 1.54) is 5.39 Å². The molecule has 3 N–H and O–H groups in total. The van der Waals surface area contributed by atoms with Gasteiger partial charge in [-0.25, -0.2) is 0 Å². The Morgan fingerprint density at radius 1 is 1.30 bits per heavy atom. The molecule has 0 bridgehead atoms. The molecule has 0 spiro atoms. The SMILES string of the molecule is C=CCC(N)C(=O)NC(C)c1cccc2ccccc12. The fourth-order valence-electron chi connectivity index (χ4n) is 2.31. The van der Waals surface area contributed by atoms with Crippen molar-refractivity contribution < 1.29 is 4.79 Å². The molecule has 0 aliphatic carbocycles. The molecule has 0 aliphatic rings. The molecule has 0 fully saturated rings. The van der Waals surface area contributed by atoms with Crippen LogP contribution in [0.25, 0.3) is 10.8 Å². The number of fused-ring (bicyclic) bond motifs is 1. The first-order valence-electron chi connectivity index (χ1n) is 6.78. The molecule has 3 heteroatoms. The van der Waals surface area contributed by atoms with Crippen molar-refractivity contribution in [3.8, 4) is 0 Å². The van der Waals surface area contributed by atoms with Crippen LogP contribution in [-0.4, -0.2) is 11.9 Å². The lowest BCUT2D eigenvalue weighted by Gasteiger charge is -2.18. The largest absolute Gasteiger partial charge is 0.348 e. The predicted molar refractivity (Wildman–Crippen MR) is 83.3 cm³/mol. The van der Waals surface area contributed by atoms with Crippen LogP contribution in [0.3, 0.4) is 0 Å². The van der Waals surface area contributed by atoms with Crippen LogP contribution >= 0.6 is 0 Å². The number of hydrogen-bond donors (Lipinski definition) is 2. The zero-order valence-electron chi connectivity index (χ0n) is 11.7. The van der Waals surface area contributed by atoms with E-state index in [0.29, 0.717) is 6.42 Å². The van der Waals surface area contributed by atoms with E-state index in [0.717, 1.165) is 10.9 Å². The minimum atomic E-state index is -0.537. The van der Waals surface area contributed by atoms with Crippen LogP contribution in [0.2, 0.25) is 0 Å². The zero-order chi connectivity index (χ0) is 14.5. The second-order valence-electron chi connectivity index (χ2n) is 4.93. The van der Waals surface area contributed by atoms with Gasteiger partial charge < -0.3 is 11.1 Å². The van der Waals surface area contributed by atoms with Crippen molar-refractivity contribution in [3.63, 3.8) is 0 Å². The van der Waals surface area contributed by atoms with Gasteiger partial charge in [-0.3, -0.25) is 4.79 Å². The van der Waals surface area contributed by atoms with E-state index in [4.69, 9.17) is 5.73 Å². The average Bonchev–Trinajstić information content (AvgIpc) is 2.46. The number of amides is 1. The number of nitrogens with two attached hydrogens (primary N) is 1. The molecule has 1 amide bonds. The maximum atomic E-state index is 12.0. The van der Waals surface area contributed by atoms with E-state index >= 15 is 0 Å². The summed E-state index contributed by atoms with van der Waals surface area (Å²) in [5.74, 6) is -0.148. The third kappa shape index (κ3) is 3.06. The van der Waals surface area contributed by atoms with Gasteiger partial charge in [0.25, 0.3) is 0 Å². The van der Waals surface area contributed by atoms with Crippen LogP contribution in [0, 0.1) is 0 Å². The summed E-state index contributed by atoms with van der Waals surface area (Å²) in [6, 6.07) is 13.6. The first kappa shape index (κ1) is 14.3. The molecule has 0 radical (unpaired) electrons. The summed E-state index contributed by atoms with van der Waals surface area (Å²) in [5, 5.41) is 5.28. The van der Waals surface area contributed by atoms with Crippen molar-refractivity contribution >= 4 is 16.7 Å². The lowest BCUT2D eigenvalue weighted by Crippen LogP contribution is -2.41. The molecule has 2 rings (SSSR count). The van der Waals surface area contributed by atoms with Crippen molar-refractivity contribution in [3.05, 3.63) is 60.7 Å². The number of carbonyl (C=O) groups excluding carboxylic acids is 1. The van der Waals surface area contributed by atoms with Crippen molar-refractivity contribution in [2.45, 2.75) is 25.4 Å². The van der Waals surface area contributed by atoms with Gasteiger partial charge in [-0.15, -0.1) is 6.58 Å². The van der Waals surface area contributed by atoms with Crippen LogP contribution in [0.15, 0.2) is 55.1 Å². The molecule has 2 aromatic carbocycles.